The van der Waals surface area contributed by atoms with Gasteiger partial charge in [0.2, 0.25) is 0 Å². The molecule has 0 aliphatic heterocycles. The number of rotatable bonds is 1. The topological polar surface area (TPSA) is 61.1 Å². The van der Waals surface area contributed by atoms with Gasteiger partial charge in [-0.2, -0.15) is 0 Å². The van der Waals surface area contributed by atoms with Crippen LogP contribution in [0.2, 0.25) is 0 Å². The van der Waals surface area contributed by atoms with Crippen LogP contribution in [0.5, 0.6) is 0 Å². The van der Waals surface area contributed by atoms with Crippen LogP contribution in [0.3, 0.4) is 0 Å². The van der Waals surface area contributed by atoms with Gasteiger partial charge in [0.05, 0.1) is 0 Å². The van der Waals surface area contributed by atoms with Crippen LogP contribution in [0.4, 0.5) is 0 Å². The summed E-state index contributed by atoms with van der Waals surface area (Å²) in [5.41, 5.74) is 6.06. The first-order valence-electron chi connectivity index (χ1n) is 1.27. The van der Waals surface area contributed by atoms with E-state index < -0.39 is 12.5 Å². The van der Waals surface area contributed by atoms with E-state index in [-0.39, 0.29) is 7.43 Å². The maximum absolute atomic E-state index is 9.18. The molecule has 0 radical (unpaired) electrons. The number of carbonyl (C=O) groups is 1. The second-order valence-electron chi connectivity index (χ2n) is 0.571. The Hall–Kier alpha value is 0.356. The molecule has 0 aliphatic rings. The summed E-state index contributed by atoms with van der Waals surface area (Å²) in [6, 6.07) is 0. The van der Waals surface area contributed by atoms with Crippen LogP contribution in [0, 0.1) is 7.43 Å². The number of carboxylic acid groups (broad SMARTS) is 1. The first-order chi connectivity index (χ1) is 3.27. The van der Waals surface area contributed by atoms with Gasteiger partial charge in [0, 0.05) is 0 Å². The van der Waals surface area contributed by atoms with Crippen LogP contribution in [0.1, 0.15) is 0 Å². The molecule has 0 bridgehead atoms. The van der Waals surface area contributed by atoms with Crippen molar-refractivity contribution in [1.29, 1.82) is 0 Å². The van der Waals surface area contributed by atoms with Crippen molar-refractivity contribution in [2.75, 3.05) is 6.54 Å². The summed E-state index contributed by atoms with van der Waals surface area (Å²) in [4.78, 5) is 9.18. The van der Waals surface area contributed by atoms with E-state index >= 15 is 0 Å². The molecular formula is C3H7ClNO2Os-2. The number of hydrogen-bond donors (Lipinski definition) is 1. The average Bonchev–Trinajstić information content (AvgIpc) is 1.73. The van der Waals surface area contributed by atoms with E-state index in [1.54, 1.807) is 0 Å². The zero-order valence-corrected chi connectivity index (χ0v) is 7.59. The maximum Gasteiger partial charge on any atom is 0.282 e. The van der Waals surface area contributed by atoms with Crippen molar-refractivity contribution in [2.45, 2.75) is 0 Å². The van der Waals surface area contributed by atoms with Gasteiger partial charge >= 0.3 is 27.2 Å². The first-order valence-corrected chi connectivity index (χ1v) is 4.42. The van der Waals surface area contributed by atoms with Crippen LogP contribution < -0.4 is 0 Å². The average molecular weight is 315 g/mol. The molecule has 0 fully saturated rings. The second-order valence-corrected chi connectivity index (χ2v) is 0.571. The van der Waals surface area contributed by atoms with Crippen LogP contribution in [-0.2, 0) is 22.4 Å². The van der Waals surface area contributed by atoms with Crippen molar-refractivity contribution in [3.63, 3.8) is 0 Å². The molecule has 0 saturated heterocycles. The molecule has 0 amide bonds. The Bertz CT molecular complexity index is 52.5. The normalized spacial score (nSPS) is 5.38. The number of hydrogen-bond acceptors (Lipinski definition) is 1. The Kier molecular flexibility index (Phi) is 30.9. The molecule has 0 aliphatic carbocycles. The predicted octanol–water partition coefficient (Wildman–Crippen LogP) is 1.26. The SMILES string of the molecule is [CH3-].[Cl][Os].[NH-]CC(=O)O. The van der Waals surface area contributed by atoms with Gasteiger partial charge in [-0.3, -0.25) is 4.79 Å². The zero-order valence-electron chi connectivity index (χ0n) is 4.29. The summed E-state index contributed by atoms with van der Waals surface area (Å²) in [5.74, 6) is -1.08. The fourth-order valence-corrected chi connectivity index (χ4v) is 0. The Balaban J connectivity index is -0.0000000750. The smallest absolute Gasteiger partial charge is 0.282 e. The molecule has 0 aromatic carbocycles. The largest absolute Gasteiger partial charge is 0.668 e. The molecule has 0 unspecified atom stereocenters. The van der Waals surface area contributed by atoms with Gasteiger partial charge in [0.25, 0.3) is 5.97 Å². The minimum atomic E-state index is -1.08. The van der Waals surface area contributed by atoms with Crippen molar-refractivity contribution in [1.82, 2.24) is 0 Å². The standard InChI is InChI=1S/C2H4NO2.CH3.ClH.Os/c3-1-2(4)5;;;/h3H,1H2,(H,4,5);1H3;1H;/q2*-1;;+1/p-1. The monoisotopic (exact) mass is 316 g/mol. The molecular weight excluding hydrogens is 308 g/mol. The molecule has 0 spiro atoms. The molecule has 0 rings (SSSR count). The van der Waals surface area contributed by atoms with Gasteiger partial charge in [0.1, 0.15) is 0 Å². The van der Waals surface area contributed by atoms with E-state index in [1.165, 1.54) is 17.6 Å². The number of aliphatic carboxylic acids is 1. The Morgan fingerprint density at radius 2 is 1.88 bits per heavy atom. The minimum Gasteiger partial charge on any atom is -0.668 e. The predicted molar refractivity (Wildman–Crippen MR) is 29.1 cm³/mol. The van der Waals surface area contributed by atoms with Gasteiger partial charge in [-0.05, 0) is 0 Å². The van der Waals surface area contributed by atoms with E-state index in [0.717, 1.165) is 0 Å². The van der Waals surface area contributed by atoms with E-state index in [0.29, 0.717) is 0 Å². The van der Waals surface area contributed by atoms with E-state index in [2.05, 4.69) is 9.64 Å². The molecule has 0 saturated carbocycles. The van der Waals surface area contributed by atoms with Crippen molar-refractivity contribution in [2.24, 2.45) is 0 Å². The zero-order chi connectivity index (χ0) is 6.28. The van der Waals surface area contributed by atoms with Crippen molar-refractivity contribution < 1.29 is 27.5 Å². The molecule has 5 heteroatoms. The molecule has 2 N–H and O–H groups in total. The molecule has 0 aromatic heterocycles. The van der Waals surface area contributed by atoms with E-state index in [9.17, 15) is 4.79 Å². The van der Waals surface area contributed by atoms with Gasteiger partial charge in [-0.15, -0.1) is 0 Å². The van der Waals surface area contributed by atoms with Crippen LogP contribution in [0.25, 0.3) is 5.73 Å². The number of nitrogens with one attached hydrogen (secondary N) is 1. The van der Waals surface area contributed by atoms with E-state index in [1.807, 2.05) is 0 Å². The Labute approximate surface area is 63.1 Å². The summed E-state index contributed by atoms with van der Waals surface area (Å²) < 4.78 is 0. The number of halogens is 1. The second kappa shape index (κ2) is 15.7. The molecule has 3 nitrogen and oxygen atoms in total. The Morgan fingerprint density at radius 3 is 1.88 bits per heavy atom. The third-order valence-electron chi connectivity index (χ3n) is 0.151. The molecule has 0 aromatic rings. The third kappa shape index (κ3) is 32.8. The van der Waals surface area contributed by atoms with Gasteiger partial charge < -0.3 is 18.3 Å². The first kappa shape index (κ1) is 15.8. The number of carboxylic acids is 1. The van der Waals surface area contributed by atoms with E-state index in [4.69, 9.17) is 10.8 Å². The quantitative estimate of drug-likeness (QED) is 0.741. The Morgan fingerprint density at radius 1 is 1.75 bits per heavy atom. The molecule has 53 valence electrons. The van der Waals surface area contributed by atoms with Crippen molar-refractivity contribution in [3.05, 3.63) is 13.2 Å². The fourth-order valence-electron chi connectivity index (χ4n) is 0. The van der Waals surface area contributed by atoms with Crippen molar-refractivity contribution in [3.8, 4) is 0 Å². The van der Waals surface area contributed by atoms with Crippen LogP contribution in [0.15, 0.2) is 0 Å². The molecule has 0 heterocycles. The molecule has 0 atom stereocenters. The summed E-state index contributed by atoms with van der Waals surface area (Å²) >= 11 is 1.33. The summed E-state index contributed by atoms with van der Waals surface area (Å²) in [6.45, 7) is -0.528. The minimum absolute atomic E-state index is 0. The van der Waals surface area contributed by atoms with Gasteiger partial charge in [0.15, 0.2) is 0 Å². The van der Waals surface area contributed by atoms with Crippen LogP contribution >= 0.6 is 9.64 Å². The summed E-state index contributed by atoms with van der Waals surface area (Å²) in [5, 5.41) is 7.53. The van der Waals surface area contributed by atoms with Gasteiger partial charge in [-0.1, -0.05) is 6.54 Å². The molecule has 8 heavy (non-hydrogen) atoms. The van der Waals surface area contributed by atoms with Gasteiger partial charge in [-0.25, -0.2) is 0 Å². The van der Waals surface area contributed by atoms with Crippen molar-refractivity contribution >= 4 is 15.6 Å². The summed E-state index contributed by atoms with van der Waals surface area (Å²) in [6.07, 6.45) is 0. The maximum atomic E-state index is 9.18. The fraction of sp³-hybridized carbons (Fsp3) is 0.333. The summed E-state index contributed by atoms with van der Waals surface area (Å²) in [7, 11) is 4.67. The third-order valence-corrected chi connectivity index (χ3v) is 0.151. The van der Waals surface area contributed by atoms with Crippen LogP contribution in [-0.4, -0.2) is 17.6 Å².